The second kappa shape index (κ2) is 3.37. The molecule has 78 valence electrons. The van der Waals surface area contributed by atoms with E-state index >= 15 is 0 Å². The van der Waals surface area contributed by atoms with Gasteiger partial charge in [-0.2, -0.15) is 0 Å². The number of amides is 1. The summed E-state index contributed by atoms with van der Waals surface area (Å²) in [7, 11) is 0. The van der Waals surface area contributed by atoms with E-state index in [0.29, 0.717) is 6.54 Å². The Balaban J connectivity index is 1.94. The zero-order valence-electron chi connectivity index (χ0n) is 8.71. The summed E-state index contributed by atoms with van der Waals surface area (Å²) in [5.41, 5.74) is -0.0479. The molecule has 1 amide bonds. The number of carbonyl (C=O) groups is 2. The number of nitrogens with zero attached hydrogens (tertiary/aromatic N) is 1. The molecule has 1 heterocycles. The lowest BCUT2D eigenvalue weighted by Crippen LogP contribution is -2.62. The molecule has 0 bridgehead atoms. The van der Waals surface area contributed by atoms with Crippen molar-refractivity contribution in [2.45, 2.75) is 39.0 Å². The van der Waals surface area contributed by atoms with Crippen LogP contribution in [0, 0.1) is 5.41 Å². The standard InChI is InChI=1S/C11H17NO2/c1-9(13)7-12-8-11(10(12)14)5-3-2-4-6-11/h2-8H2,1H3. The zero-order chi connectivity index (χ0) is 10.2. The maximum absolute atomic E-state index is 11.8. The Bertz CT molecular complexity index is 266. The SMILES string of the molecule is CC(=O)CN1CC2(CCCCC2)C1=O. The van der Waals surface area contributed by atoms with Crippen LogP contribution >= 0.6 is 0 Å². The van der Waals surface area contributed by atoms with Gasteiger partial charge in [0.2, 0.25) is 5.91 Å². The van der Waals surface area contributed by atoms with Gasteiger partial charge >= 0.3 is 0 Å². The van der Waals surface area contributed by atoms with Crippen molar-refractivity contribution in [3.63, 3.8) is 0 Å². The van der Waals surface area contributed by atoms with Crippen LogP contribution in [0.4, 0.5) is 0 Å². The van der Waals surface area contributed by atoms with Gasteiger partial charge in [-0.1, -0.05) is 19.3 Å². The largest absolute Gasteiger partial charge is 0.334 e. The number of Topliss-reactive ketones (excluding diaryl/α,β-unsaturated/α-hetero) is 1. The van der Waals surface area contributed by atoms with Crippen LogP contribution in [0.5, 0.6) is 0 Å². The molecule has 1 aliphatic heterocycles. The van der Waals surface area contributed by atoms with Gasteiger partial charge < -0.3 is 4.90 Å². The molecule has 2 rings (SSSR count). The van der Waals surface area contributed by atoms with Crippen LogP contribution in [0.1, 0.15) is 39.0 Å². The molecule has 0 N–H and O–H groups in total. The van der Waals surface area contributed by atoms with E-state index in [1.165, 1.54) is 19.3 Å². The van der Waals surface area contributed by atoms with Crippen LogP contribution in [0.3, 0.4) is 0 Å². The van der Waals surface area contributed by atoms with Crippen molar-refractivity contribution in [3.05, 3.63) is 0 Å². The van der Waals surface area contributed by atoms with Gasteiger partial charge in [-0.3, -0.25) is 9.59 Å². The predicted octanol–water partition coefficient (Wildman–Crippen LogP) is 1.37. The third-order valence-corrected chi connectivity index (χ3v) is 3.46. The first kappa shape index (κ1) is 9.69. The van der Waals surface area contributed by atoms with Gasteiger partial charge in [0.1, 0.15) is 5.78 Å². The van der Waals surface area contributed by atoms with Crippen LogP contribution in [0.25, 0.3) is 0 Å². The summed E-state index contributed by atoms with van der Waals surface area (Å²) in [6, 6.07) is 0. The highest BCUT2D eigenvalue weighted by molar-refractivity contribution is 5.92. The van der Waals surface area contributed by atoms with Crippen LogP contribution < -0.4 is 0 Å². The Morgan fingerprint density at radius 1 is 1.36 bits per heavy atom. The molecule has 0 unspecified atom stereocenters. The molecule has 0 aromatic rings. The van der Waals surface area contributed by atoms with E-state index in [1.807, 2.05) is 0 Å². The average Bonchev–Trinajstić information content (AvgIpc) is 2.18. The van der Waals surface area contributed by atoms with Gasteiger partial charge in [0.15, 0.2) is 0 Å². The molecule has 1 aliphatic carbocycles. The zero-order valence-corrected chi connectivity index (χ0v) is 8.71. The fourth-order valence-corrected chi connectivity index (χ4v) is 2.75. The van der Waals surface area contributed by atoms with Crippen LogP contribution in [-0.2, 0) is 9.59 Å². The van der Waals surface area contributed by atoms with Gasteiger partial charge in [-0.15, -0.1) is 0 Å². The first-order valence-electron chi connectivity index (χ1n) is 5.43. The number of carbonyl (C=O) groups excluding carboxylic acids is 2. The van der Waals surface area contributed by atoms with Crippen molar-refractivity contribution in [3.8, 4) is 0 Å². The number of rotatable bonds is 2. The number of hydrogen-bond acceptors (Lipinski definition) is 2. The number of likely N-dealkylation sites (tertiary alicyclic amines) is 1. The molecule has 1 saturated heterocycles. The molecular formula is C11H17NO2. The normalized spacial score (nSPS) is 24.9. The van der Waals surface area contributed by atoms with E-state index in [4.69, 9.17) is 0 Å². The fraction of sp³-hybridized carbons (Fsp3) is 0.818. The van der Waals surface area contributed by atoms with E-state index in [0.717, 1.165) is 19.4 Å². The average molecular weight is 195 g/mol. The lowest BCUT2D eigenvalue weighted by molar-refractivity contribution is -0.165. The quantitative estimate of drug-likeness (QED) is 0.624. The Morgan fingerprint density at radius 3 is 2.50 bits per heavy atom. The molecule has 3 nitrogen and oxygen atoms in total. The molecular weight excluding hydrogens is 178 g/mol. The smallest absolute Gasteiger partial charge is 0.231 e. The summed E-state index contributed by atoms with van der Waals surface area (Å²) in [5, 5.41) is 0. The number of ketones is 1. The highest BCUT2D eigenvalue weighted by Crippen LogP contribution is 2.44. The van der Waals surface area contributed by atoms with E-state index in [-0.39, 0.29) is 17.1 Å². The first-order valence-corrected chi connectivity index (χ1v) is 5.43. The second-order valence-electron chi connectivity index (χ2n) is 4.70. The lowest BCUT2D eigenvalue weighted by atomic mass is 9.68. The fourth-order valence-electron chi connectivity index (χ4n) is 2.75. The monoisotopic (exact) mass is 195 g/mol. The van der Waals surface area contributed by atoms with Crippen molar-refractivity contribution in [2.24, 2.45) is 5.41 Å². The summed E-state index contributed by atoms with van der Waals surface area (Å²) in [5.74, 6) is 0.316. The molecule has 2 fully saturated rings. The molecule has 2 aliphatic rings. The Kier molecular flexibility index (Phi) is 2.33. The molecule has 3 heteroatoms. The Hall–Kier alpha value is -0.860. The molecule has 1 saturated carbocycles. The number of β-lactam (4-membered cyclic amide) rings is 1. The Labute approximate surface area is 84.5 Å². The highest BCUT2D eigenvalue weighted by atomic mass is 16.2. The molecule has 0 radical (unpaired) electrons. The number of hydrogen-bond donors (Lipinski definition) is 0. The predicted molar refractivity (Wildman–Crippen MR) is 52.8 cm³/mol. The topological polar surface area (TPSA) is 37.4 Å². The van der Waals surface area contributed by atoms with Crippen LogP contribution in [-0.4, -0.2) is 29.7 Å². The molecule has 1 spiro atoms. The first-order chi connectivity index (χ1) is 6.64. The molecule has 14 heavy (non-hydrogen) atoms. The second-order valence-corrected chi connectivity index (χ2v) is 4.70. The van der Waals surface area contributed by atoms with E-state index in [2.05, 4.69) is 0 Å². The minimum Gasteiger partial charge on any atom is -0.334 e. The minimum atomic E-state index is -0.0479. The maximum atomic E-state index is 11.8. The van der Waals surface area contributed by atoms with E-state index in [9.17, 15) is 9.59 Å². The van der Waals surface area contributed by atoms with E-state index in [1.54, 1.807) is 11.8 Å². The molecule has 0 aromatic carbocycles. The van der Waals surface area contributed by atoms with Crippen molar-refractivity contribution in [2.75, 3.05) is 13.1 Å². The summed E-state index contributed by atoms with van der Waals surface area (Å²) >= 11 is 0. The maximum Gasteiger partial charge on any atom is 0.231 e. The van der Waals surface area contributed by atoms with Crippen molar-refractivity contribution >= 4 is 11.7 Å². The van der Waals surface area contributed by atoms with Gasteiger partial charge in [0.05, 0.1) is 12.0 Å². The summed E-state index contributed by atoms with van der Waals surface area (Å²) in [4.78, 5) is 24.4. The van der Waals surface area contributed by atoms with E-state index < -0.39 is 0 Å². The van der Waals surface area contributed by atoms with Gasteiger partial charge in [-0.25, -0.2) is 0 Å². The lowest BCUT2D eigenvalue weighted by Gasteiger charge is -2.50. The third kappa shape index (κ3) is 1.45. The van der Waals surface area contributed by atoms with Gasteiger partial charge in [0.25, 0.3) is 0 Å². The Morgan fingerprint density at radius 2 is 2.00 bits per heavy atom. The third-order valence-electron chi connectivity index (χ3n) is 3.46. The minimum absolute atomic E-state index is 0.0479. The van der Waals surface area contributed by atoms with Crippen LogP contribution in [0.2, 0.25) is 0 Å². The summed E-state index contributed by atoms with van der Waals surface area (Å²) in [6.07, 6.45) is 5.71. The highest BCUT2D eigenvalue weighted by Gasteiger charge is 2.51. The van der Waals surface area contributed by atoms with Crippen molar-refractivity contribution < 1.29 is 9.59 Å². The van der Waals surface area contributed by atoms with Gasteiger partial charge in [-0.05, 0) is 19.8 Å². The van der Waals surface area contributed by atoms with Crippen molar-refractivity contribution in [1.29, 1.82) is 0 Å². The molecule has 0 atom stereocenters. The van der Waals surface area contributed by atoms with Crippen molar-refractivity contribution in [1.82, 2.24) is 4.90 Å². The summed E-state index contributed by atoms with van der Waals surface area (Å²) < 4.78 is 0. The van der Waals surface area contributed by atoms with Crippen LogP contribution in [0.15, 0.2) is 0 Å². The molecule has 0 aromatic heterocycles. The van der Waals surface area contributed by atoms with Gasteiger partial charge in [0, 0.05) is 6.54 Å². The summed E-state index contributed by atoms with van der Waals surface area (Å²) in [6.45, 7) is 2.69.